The predicted molar refractivity (Wildman–Crippen MR) is 175 cm³/mol. The Balaban J connectivity index is 1.38. The standard InChI is InChI=1S/C38H40N2O2/c1-27-21-23-40(26-28-10-8-9-22-39-25-28)35-19-16-31(29-11-4-3-5-12-29)24-32(35)15-18-33(27)38(41)37-34-14-7-6-13-30(34)17-20-36(37)42-2/h3-7,11-14,16-17,19-20,22,24-25,27,33H,8-10,15,18,21,23,26H2,1-2H3/t27-,33-/m1/s1. The lowest BCUT2D eigenvalue weighted by Crippen LogP contribution is -2.30. The number of carbonyl (C=O) groups is 1. The normalized spacial score (nSPS) is 19.2. The monoisotopic (exact) mass is 556 g/mol. The molecular weight excluding hydrogens is 516 g/mol. The molecule has 0 saturated carbocycles. The van der Waals surface area contributed by atoms with Crippen LogP contribution in [-0.4, -0.2) is 32.2 Å². The minimum Gasteiger partial charge on any atom is -0.496 e. The van der Waals surface area contributed by atoms with Crippen LogP contribution in [-0.2, 0) is 6.42 Å². The zero-order valence-electron chi connectivity index (χ0n) is 24.8. The molecule has 0 unspecified atom stereocenters. The summed E-state index contributed by atoms with van der Waals surface area (Å²) in [5.41, 5.74) is 7.13. The first kappa shape index (κ1) is 28.0. The quantitative estimate of drug-likeness (QED) is 0.223. The number of anilines is 1. The Morgan fingerprint density at radius 2 is 1.76 bits per heavy atom. The summed E-state index contributed by atoms with van der Waals surface area (Å²) in [6.45, 7) is 4.03. The van der Waals surface area contributed by atoms with E-state index in [2.05, 4.69) is 83.7 Å². The number of rotatable bonds is 6. The molecule has 0 spiro atoms. The van der Waals surface area contributed by atoms with E-state index in [1.807, 2.05) is 30.5 Å². The smallest absolute Gasteiger partial charge is 0.170 e. The molecule has 0 fully saturated rings. The van der Waals surface area contributed by atoms with Gasteiger partial charge in [0.25, 0.3) is 0 Å². The van der Waals surface area contributed by atoms with E-state index >= 15 is 0 Å². The molecule has 2 heterocycles. The number of ether oxygens (including phenoxy) is 1. The van der Waals surface area contributed by atoms with Gasteiger partial charge in [0.2, 0.25) is 0 Å². The van der Waals surface area contributed by atoms with Crippen LogP contribution in [0.25, 0.3) is 21.9 Å². The molecule has 6 rings (SSSR count). The fourth-order valence-electron chi connectivity index (χ4n) is 6.68. The number of fused-ring (bicyclic) bond motifs is 2. The molecule has 0 aliphatic carbocycles. The van der Waals surface area contributed by atoms with Gasteiger partial charge in [-0.3, -0.25) is 9.79 Å². The van der Waals surface area contributed by atoms with Gasteiger partial charge in [0, 0.05) is 37.1 Å². The maximum atomic E-state index is 14.5. The van der Waals surface area contributed by atoms with Crippen molar-refractivity contribution in [2.45, 2.75) is 45.4 Å². The van der Waals surface area contributed by atoms with Crippen molar-refractivity contribution >= 4 is 28.5 Å². The van der Waals surface area contributed by atoms with E-state index < -0.39 is 0 Å². The maximum Gasteiger partial charge on any atom is 0.170 e. The van der Waals surface area contributed by atoms with Gasteiger partial charge in [0.1, 0.15) is 5.75 Å². The number of hydrogen-bond donors (Lipinski definition) is 0. The molecule has 0 N–H and O–H groups in total. The summed E-state index contributed by atoms with van der Waals surface area (Å²) in [6, 6.07) is 29.7. The van der Waals surface area contributed by atoms with Crippen molar-refractivity contribution in [3.05, 3.63) is 108 Å². The molecule has 42 heavy (non-hydrogen) atoms. The van der Waals surface area contributed by atoms with Crippen molar-refractivity contribution in [3.63, 3.8) is 0 Å². The summed E-state index contributed by atoms with van der Waals surface area (Å²) < 4.78 is 5.77. The van der Waals surface area contributed by atoms with Gasteiger partial charge in [-0.1, -0.05) is 73.7 Å². The molecule has 0 radical (unpaired) electrons. The molecule has 2 atom stereocenters. The van der Waals surface area contributed by atoms with Crippen molar-refractivity contribution in [3.8, 4) is 16.9 Å². The Kier molecular flexibility index (Phi) is 8.50. The van der Waals surface area contributed by atoms with Gasteiger partial charge < -0.3 is 9.64 Å². The number of hydrogen-bond acceptors (Lipinski definition) is 4. The summed E-state index contributed by atoms with van der Waals surface area (Å²) in [5, 5.41) is 2.05. The van der Waals surface area contributed by atoms with Crippen LogP contribution in [0.4, 0.5) is 5.69 Å². The van der Waals surface area contributed by atoms with E-state index in [4.69, 9.17) is 4.74 Å². The molecule has 4 heteroatoms. The van der Waals surface area contributed by atoms with Gasteiger partial charge in [-0.15, -0.1) is 0 Å². The van der Waals surface area contributed by atoms with E-state index in [0.717, 1.165) is 68.0 Å². The van der Waals surface area contributed by atoms with Crippen LogP contribution in [0.2, 0.25) is 0 Å². The van der Waals surface area contributed by atoms with Crippen molar-refractivity contribution < 1.29 is 9.53 Å². The summed E-state index contributed by atoms with van der Waals surface area (Å²) >= 11 is 0. The van der Waals surface area contributed by atoms with Crippen molar-refractivity contribution in [1.29, 1.82) is 0 Å². The van der Waals surface area contributed by atoms with Gasteiger partial charge >= 0.3 is 0 Å². The Labute approximate surface area is 249 Å². The first-order valence-electron chi connectivity index (χ1n) is 15.3. The van der Waals surface area contributed by atoms with E-state index in [0.29, 0.717) is 5.75 Å². The number of aliphatic imine (C=N–C) groups is 1. The molecule has 0 saturated heterocycles. The molecule has 0 amide bonds. The second-order valence-electron chi connectivity index (χ2n) is 11.8. The zero-order chi connectivity index (χ0) is 28.9. The van der Waals surface area contributed by atoms with Crippen molar-refractivity contribution in [1.82, 2.24) is 0 Å². The first-order valence-corrected chi connectivity index (χ1v) is 15.3. The third kappa shape index (κ3) is 5.90. The molecule has 4 nitrogen and oxygen atoms in total. The Morgan fingerprint density at radius 1 is 0.929 bits per heavy atom. The molecule has 4 aromatic carbocycles. The Hall–Kier alpha value is -4.18. The summed E-state index contributed by atoms with van der Waals surface area (Å²) in [5.74, 6) is 0.999. The van der Waals surface area contributed by atoms with Gasteiger partial charge in [0.15, 0.2) is 5.78 Å². The SMILES string of the molecule is COc1ccc2ccccc2c1C(=O)[C@@H]1CCc2cc(-c3ccccc3)ccc2N(CC2=CN=CCCC2)CC[C@H]1C. The van der Waals surface area contributed by atoms with Crippen molar-refractivity contribution in [2.24, 2.45) is 16.8 Å². The third-order valence-electron chi connectivity index (χ3n) is 9.07. The van der Waals surface area contributed by atoms with E-state index in [-0.39, 0.29) is 17.6 Å². The second-order valence-corrected chi connectivity index (χ2v) is 11.8. The minimum atomic E-state index is -0.0976. The molecule has 214 valence electrons. The minimum absolute atomic E-state index is 0.0976. The summed E-state index contributed by atoms with van der Waals surface area (Å²) in [7, 11) is 1.67. The summed E-state index contributed by atoms with van der Waals surface area (Å²) in [6.07, 6.45) is 9.95. The average Bonchev–Trinajstić information content (AvgIpc) is 3.28. The van der Waals surface area contributed by atoms with E-state index in [1.165, 1.54) is 28.0 Å². The highest BCUT2D eigenvalue weighted by Gasteiger charge is 2.31. The lowest BCUT2D eigenvalue weighted by atomic mass is 9.80. The van der Waals surface area contributed by atoms with Crippen LogP contribution < -0.4 is 9.64 Å². The highest BCUT2D eigenvalue weighted by Crippen LogP contribution is 2.38. The topological polar surface area (TPSA) is 41.9 Å². The number of Topliss-reactive ketones (excluding diaryl/α,β-unsaturated/α-hetero) is 1. The van der Waals surface area contributed by atoms with Gasteiger partial charge in [-0.2, -0.15) is 0 Å². The van der Waals surface area contributed by atoms with Gasteiger partial charge in [0.05, 0.1) is 12.7 Å². The van der Waals surface area contributed by atoms with Crippen molar-refractivity contribution in [2.75, 3.05) is 25.1 Å². The number of ketones is 1. The lowest BCUT2D eigenvalue weighted by molar-refractivity contribution is 0.0865. The van der Waals surface area contributed by atoms with Crippen LogP contribution in [0.1, 0.15) is 54.9 Å². The first-order chi connectivity index (χ1) is 20.6. The molecule has 0 bridgehead atoms. The van der Waals surface area contributed by atoms with Crippen LogP contribution in [0.5, 0.6) is 5.75 Å². The zero-order valence-corrected chi connectivity index (χ0v) is 24.8. The lowest BCUT2D eigenvalue weighted by Gasteiger charge is -2.29. The summed E-state index contributed by atoms with van der Waals surface area (Å²) in [4.78, 5) is 21.6. The third-order valence-corrected chi connectivity index (χ3v) is 9.07. The van der Waals surface area contributed by atoms with Crippen LogP contribution in [0, 0.1) is 11.8 Å². The fourth-order valence-corrected chi connectivity index (χ4v) is 6.68. The Morgan fingerprint density at radius 3 is 2.62 bits per heavy atom. The second kappa shape index (κ2) is 12.8. The molecule has 4 aromatic rings. The van der Waals surface area contributed by atoms with Gasteiger partial charge in [-0.05, 0) is 95.7 Å². The maximum absolute atomic E-state index is 14.5. The molecule has 2 aliphatic heterocycles. The van der Waals surface area contributed by atoms with Crippen LogP contribution in [0.15, 0.2) is 102 Å². The number of nitrogens with zero attached hydrogens (tertiary/aromatic N) is 2. The van der Waals surface area contributed by atoms with E-state index in [1.54, 1.807) is 7.11 Å². The van der Waals surface area contributed by atoms with Crippen LogP contribution in [0.3, 0.4) is 0 Å². The number of benzene rings is 4. The number of methoxy groups -OCH3 is 1. The molecular formula is C38H40N2O2. The highest BCUT2D eigenvalue weighted by molar-refractivity contribution is 6.11. The highest BCUT2D eigenvalue weighted by atomic mass is 16.5. The van der Waals surface area contributed by atoms with E-state index in [9.17, 15) is 4.79 Å². The van der Waals surface area contributed by atoms with Crippen LogP contribution >= 0.6 is 0 Å². The predicted octanol–water partition coefficient (Wildman–Crippen LogP) is 8.93. The average molecular weight is 557 g/mol. The fraction of sp³-hybridized carbons (Fsp3) is 0.316. The number of aryl methyl sites for hydroxylation is 1. The number of carbonyl (C=O) groups excluding carboxylic acids is 1. The Bertz CT molecular complexity index is 1620. The molecule has 2 aliphatic rings. The van der Waals surface area contributed by atoms with Gasteiger partial charge in [-0.25, -0.2) is 0 Å². The largest absolute Gasteiger partial charge is 0.496 e. The molecule has 0 aromatic heterocycles.